The Morgan fingerprint density at radius 3 is 2.82 bits per heavy atom. The first kappa shape index (κ1) is 17.9. The second kappa shape index (κ2) is 7.26. The summed E-state index contributed by atoms with van der Waals surface area (Å²) in [6, 6.07) is 9.58. The van der Waals surface area contributed by atoms with E-state index in [0.717, 1.165) is 39.7 Å². The van der Waals surface area contributed by atoms with Gasteiger partial charge in [0.05, 0.1) is 11.4 Å². The molecule has 0 fully saturated rings. The van der Waals surface area contributed by atoms with Gasteiger partial charge in [-0.15, -0.1) is 0 Å². The molecular weight excluding hydrogens is 354 g/mol. The number of anilines is 1. The molecule has 0 aliphatic rings. The molecule has 0 saturated carbocycles. The van der Waals surface area contributed by atoms with E-state index in [1.54, 1.807) is 6.20 Å². The minimum absolute atomic E-state index is 0.0504. The van der Waals surface area contributed by atoms with Crippen molar-refractivity contribution in [2.45, 2.75) is 33.6 Å². The Kier molecular flexibility index (Phi) is 4.65. The predicted octanol–water partition coefficient (Wildman–Crippen LogP) is 3.88. The van der Waals surface area contributed by atoms with Crippen LogP contribution < -0.4 is 5.32 Å². The number of imidazole rings is 1. The van der Waals surface area contributed by atoms with Crippen molar-refractivity contribution in [1.29, 1.82) is 0 Å². The minimum atomic E-state index is -0.0504. The topological polar surface area (TPSA) is 85.3 Å². The lowest BCUT2D eigenvalue weighted by Gasteiger charge is -2.07. The lowest BCUT2D eigenvalue weighted by Crippen LogP contribution is -2.12. The highest BCUT2D eigenvalue weighted by Crippen LogP contribution is 2.25. The monoisotopic (exact) mass is 375 g/mol. The van der Waals surface area contributed by atoms with Crippen LogP contribution in [0.1, 0.15) is 29.1 Å². The maximum atomic E-state index is 12.4. The molecule has 1 aromatic carbocycles. The van der Waals surface area contributed by atoms with Crippen LogP contribution in [0, 0.1) is 20.8 Å². The number of hydrogen-bond acceptors (Lipinski definition) is 5. The van der Waals surface area contributed by atoms with E-state index in [0.29, 0.717) is 18.6 Å². The number of carbonyl (C=O) groups excluding carboxylic acids is 1. The van der Waals surface area contributed by atoms with Gasteiger partial charge >= 0.3 is 0 Å². The molecule has 7 heteroatoms. The molecule has 0 bridgehead atoms. The second-order valence-electron chi connectivity index (χ2n) is 6.77. The van der Waals surface area contributed by atoms with Crippen molar-refractivity contribution in [3.63, 3.8) is 0 Å². The maximum Gasteiger partial charge on any atom is 0.234 e. The van der Waals surface area contributed by atoms with Crippen LogP contribution in [0.25, 0.3) is 17.0 Å². The fourth-order valence-corrected chi connectivity index (χ4v) is 3.34. The SMILES string of the molecule is Cc1noc(C)c1CCC(=O)Nc1cccc(-c2nc3ncccn3c2C)c1. The molecule has 4 aromatic rings. The van der Waals surface area contributed by atoms with Crippen molar-refractivity contribution in [3.8, 4) is 11.3 Å². The summed E-state index contributed by atoms with van der Waals surface area (Å²) in [6.07, 6.45) is 4.63. The van der Waals surface area contributed by atoms with Crippen molar-refractivity contribution in [2.75, 3.05) is 5.32 Å². The number of aromatic nitrogens is 4. The summed E-state index contributed by atoms with van der Waals surface area (Å²) < 4.78 is 7.10. The van der Waals surface area contributed by atoms with E-state index < -0.39 is 0 Å². The third-order valence-corrected chi connectivity index (χ3v) is 4.85. The van der Waals surface area contributed by atoms with Crippen molar-refractivity contribution < 1.29 is 9.32 Å². The summed E-state index contributed by atoms with van der Waals surface area (Å²) in [7, 11) is 0. The van der Waals surface area contributed by atoms with Crippen LogP contribution in [0.3, 0.4) is 0 Å². The van der Waals surface area contributed by atoms with Gasteiger partial charge in [0.15, 0.2) is 0 Å². The van der Waals surface area contributed by atoms with Gasteiger partial charge in [-0.05, 0) is 45.4 Å². The number of carbonyl (C=O) groups is 1. The summed E-state index contributed by atoms with van der Waals surface area (Å²) >= 11 is 0. The molecule has 3 aromatic heterocycles. The minimum Gasteiger partial charge on any atom is -0.361 e. The number of benzene rings is 1. The zero-order valence-electron chi connectivity index (χ0n) is 16.1. The molecule has 0 unspecified atom stereocenters. The molecule has 7 nitrogen and oxygen atoms in total. The largest absolute Gasteiger partial charge is 0.361 e. The van der Waals surface area contributed by atoms with Gasteiger partial charge in [0.25, 0.3) is 0 Å². The molecule has 142 valence electrons. The van der Waals surface area contributed by atoms with Gasteiger partial charge in [-0.1, -0.05) is 17.3 Å². The van der Waals surface area contributed by atoms with Crippen molar-refractivity contribution in [1.82, 2.24) is 19.5 Å². The smallest absolute Gasteiger partial charge is 0.234 e. The number of nitrogens with zero attached hydrogens (tertiary/aromatic N) is 4. The molecule has 0 aliphatic carbocycles. The van der Waals surface area contributed by atoms with Crippen molar-refractivity contribution in [2.24, 2.45) is 0 Å². The summed E-state index contributed by atoms with van der Waals surface area (Å²) in [5.74, 6) is 1.37. The fourth-order valence-electron chi connectivity index (χ4n) is 3.34. The standard InChI is InChI=1S/C21H21N5O2/c1-13-18(15(3)28-25-13)8-9-19(27)23-17-7-4-6-16(12-17)20-14(2)26-11-5-10-22-21(26)24-20/h4-7,10-12H,8-9H2,1-3H3,(H,23,27). The predicted molar refractivity (Wildman–Crippen MR) is 106 cm³/mol. The Labute approximate surface area is 162 Å². The van der Waals surface area contributed by atoms with Crippen molar-refractivity contribution in [3.05, 3.63) is 65.4 Å². The van der Waals surface area contributed by atoms with Crippen LogP contribution in [0.2, 0.25) is 0 Å². The third-order valence-electron chi connectivity index (χ3n) is 4.85. The van der Waals surface area contributed by atoms with E-state index in [4.69, 9.17) is 4.52 Å². The van der Waals surface area contributed by atoms with Crippen LogP contribution in [-0.4, -0.2) is 25.4 Å². The lowest BCUT2D eigenvalue weighted by atomic mass is 10.1. The van der Waals surface area contributed by atoms with Gasteiger partial charge in [-0.3, -0.25) is 9.20 Å². The quantitative estimate of drug-likeness (QED) is 0.572. The van der Waals surface area contributed by atoms with Gasteiger partial charge in [-0.25, -0.2) is 9.97 Å². The normalized spacial score (nSPS) is 11.1. The maximum absolute atomic E-state index is 12.4. The fraction of sp³-hybridized carbons (Fsp3) is 0.238. The van der Waals surface area contributed by atoms with E-state index in [1.165, 1.54) is 0 Å². The van der Waals surface area contributed by atoms with Crippen LogP contribution in [0.15, 0.2) is 47.2 Å². The number of nitrogens with one attached hydrogen (secondary N) is 1. The highest BCUT2D eigenvalue weighted by molar-refractivity contribution is 5.91. The molecule has 1 N–H and O–H groups in total. The second-order valence-corrected chi connectivity index (χ2v) is 6.77. The molecule has 0 radical (unpaired) electrons. The molecule has 28 heavy (non-hydrogen) atoms. The third kappa shape index (κ3) is 3.38. The number of rotatable bonds is 5. The van der Waals surface area contributed by atoms with Crippen LogP contribution in [-0.2, 0) is 11.2 Å². The Morgan fingerprint density at radius 2 is 2.07 bits per heavy atom. The van der Waals surface area contributed by atoms with Gasteiger partial charge < -0.3 is 9.84 Å². The molecule has 1 amide bonds. The Morgan fingerprint density at radius 1 is 1.21 bits per heavy atom. The van der Waals surface area contributed by atoms with Crippen LogP contribution in [0.5, 0.6) is 0 Å². The summed E-state index contributed by atoms with van der Waals surface area (Å²) in [5, 5.41) is 6.90. The Bertz CT molecular complexity index is 1140. The molecule has 0 spiro atoms. The van der Waals surface area contributed by atoms with Gasteiger partial charge in [0.1, 0.15) is 5.76 Å². The van der Waals surface area contributed by atoms with E-state index in [2.05, 4.69) is 20.4 Å². The molecule has 4 rings (SSSR count). The van der Waals surface area contributed by atoms with Gasteiger partial charge in [0.2, 0.25) is 11.7 Å². The molecular formula is C21H21N5O2. The Balaban J connectivity index is 1.50. The summed E-state index contributed by atoms with van der Waals surface area (Å²) in [6.45, 7) is 5.76. The highest BCUT2D eigenvalue weighted by atomic mass is 16.5. The van der Waals surface area contributed by atoms with Crippen molar-refractivity contribution >= 4 is 17.4 Å². The van der Waals surface area contributed by atoms with Crippen LogP contribution in [0.4, 0.5) is 5.69 Å². The highest BCUT2D eigenvalue weighted by Gasteiger charge is 2.13. The first-order chi connectivity index (χ1) is 13.5. The molecule has 0 saturated heterocycles. The van der Waals surface area contributed by atoms with E-state index >= 15 is 0 Å². The summed E-state index contributed by atoms with van der Waals surface area (Å²) in [5.41, 5.74) is 5.37. The number of aryl methyl sites for hydroxylation is 3. The molecule has 0 atom stereocenters. The van der Waals surface area contributed by atoms with E-state index in [-0.39, 0.29) is 5.91 Å². The number of hydrogen-bond donors (Lipinski definition) is 1. The molecule has 3 heterocycles. The average Bonchev–Trinajstić information content (AvgIpc) is 3.20. The van der Waals surface area contributed by atoms with Crippen LogP contribution >= 0.6 is 0 Å². The zero-order chi connectivity index (χ0) is 19.7. The number of fused-ring (bicyclic) bond motifs is 1. The lowest BCUT2D eigenvalue weighted by molar-refractivity contribution is -0.116. The first-order valence-corrected chi connectivity index (χ1v) is 9.14. The van der Waals surface area contributed by atoms with E-state index in [1.807, 2.05) is 61.7 Å². The van der Waals surface area contributed by atoms with Gasteiger partial charge in [-0.2, -0.15) is 0 Å². The van der Waals surface area contributed by atoms with Gasteiger partial charge in [0, 0.05) is 41.3 Å². The first-order valence-electron chi connectivity index (χ1n) is 9.14. The Hall–Kier alpha value is -3.48. The zero-order valence-corrected chi connectivity index (χ0v) is 16.1. The number of amides is 1. The average molecular weight is 375 g/mol. The summed E-state index contributed by atoms with van der Waals surface area (Å²) in [4.78, 5) is 21.3. The van der Waals surface area contributed by atoms with E-state index in [9.17, 15) is 4.79 Å². The molecule has 0 aliphatic heterocycles.